The van der Waals surface area contributed by atoms with Gasteiger partial charge in [0.15, 0.2) is 0 Å². The van der Waals surface area contributed by atoms with Crippen LogP contribution in [0, 0.1) is 11.6 Å². The second-order valence-corrected chi connectivity index (χ2v) is 6.70. The molecule has 0 bridgehead atoms. The van der Waals surface area contributed by atoms with Gasteiger partial charge in [0.2, 0.25) is 10.0 Å². The lowest BCUT2D eigenvalue weighted by atomic mass is 10.3. The highest BCUT2D eigenvalue weighted by molar-refractivity contribution is 9.10. The van der Waals surface area contributed by atoms with Gasteiger partial charge in [-0.3, -0.25) is 0 Å². The standard InChI is InChI=1S/C10H12BrF2NO3S/c1-6(15)5-14(2)18(16,17)10-4-8(12)7(11)3-9(10)13/h3-4,6,15H,5H2,1-2H3/t6-/m0/s1. The fraction of sp³-hybridized carbons (Fsp3) is 0.400. The normalized spacial score (nSPS) is 13.9. The zero-order valence-corrected chi connectivity index (χ0v) is 12.1. The van der Waals surface area contributed by atoms with Gasteiger partial charge in [-0.15, -0.1) is 0 Å². The zero-order valence-electron chi connectivity index (χ0n) is 9.69. The Hall–Kier alpha value is -0.570. The number of hydrogen-bond donors (Lipinski definition) is 1. The first-order valence-electron chi connectivity index (χ1n) is 4.95. The fourth-order valence-corrected chi connectivity index (χ4v) is 2.96. The fourth-order valence-electron chi connectivity index (χ4n) is 1.34. The zero-order chi connectivity index (χ0) is 14.1. The predicted molar refractivity (Wildman–Crippen MR) is 65.6 cm³/mol. The number of hydrogen-bond acceptors (Lipinski definition) is 3. The number of likely N-dealkylation sites (N-methyl/N-ethyl adjacent to an activating group) is 1. The minimum atomic E-state index is -4.17. The van der Waals surface area contributed by atoms with Crippen molar-refractivity contribution in [3.05, 3.63) is 28.2 Å². The molecule has 0 aliphatic carbocycles. The van der Waals surface area contributed by atoms with Crippen molar-refractivity contribution >= 4 is 26.0 Å². The number of nitrogens with zero attached hydrogens (tertiary/aromatic N) is 1. The van der Waals surface area contributed by atoms with Crippen LogP contribution in [0.5, 0.6) is 0 Å². The summed E-state index contributed by atoms with van der Waals surface area (Å²) in [5.74, 6) is -1.93. The van der Waals surface area contributed by atoms with Gasteiger partial charge in [0.1, 0.15) is 16.5 Å². The van der Waals surface area contributed by atoms with E-state index in [0.717, 1.165) is 10.4 Å². The van der Waals surface area contributed by atoms with E-state index in [1.807, 2.05) is 0 Å². The molecule has 18 heavy (non-hydrogen) atoms. The molecule has 8 heteroatoms. The van der Waals surface area contributed by atoms with Crippen LogP contribution in [0.25, 0.3) is 0 Å². The molecule has 1 aromatic rings. The molecule has 0 amide bonds. The van der Waals surface area contributed by atoms with Crippen molar-refractivity contribution in [2.45, 2.75) is 17.9 Å². The maximum Gasteiger partial charge on any atom is 0.245 e. The molecular formula is C10H12BrF2NO3S. The second kappa shape index (κ2) is 5.60. The molecule has 0 spiro atoms. The van der Waals surface area contributed by atoms with Crippen LogP contribution in [0.4, 0.5) is 8.78 Å². The highest BCUT2D eigenvalue weighted by atomic mass is 79.9. The summed E-state index contributed by atoms with van der Waals surface area (Å²) in [5, 5.41) is 9.12. The van der Waals surface area contributed by atoms with Gasteiger partial charge in [0.25, 0.3) is 0 Å². The summed E-state index contributed by atoms with van der Waals surface area (Å²) < 4.78 is 51.3. The number of benzene rings is 1. The van der Waals surface area contributed by atoms with E-state index in [2.05, 4.69) is 15.9 Å². The molecule has 4 nitrogen and oxygen atoms in total. The van der Waals surface area contributed by atoms with E-state index in [1.165, 1.54) is 14.0 Å². The number of sulfonamides is 1. The third kappa shape index (κ3) is 3.25. The third-order valence-corrected chi connectivity index (χ3v) is 4.63. The van der Waals surface area contributed by atoms with Gasteiger partial charge in [-0.1, -0.05) is 0 Å². The van der Waals surface area contributed by atoms with Gasteiger partial charge in [0.05, 0.1) is 10.6 Å². The molecule has 0 aliphatic heterocycles. The third-order valence-electron chi connectivity index (χ3n) is 2.18. The quantitative estimate of drug-likeness (QED) is 0.847. The molecule has 0 unspecified atom stereocenters. The Kier molecular flexibility index (Phi) is 4.82. The van der Waals surface area contributed by atoms with Crippen LogP contribution in [-0.4, -0.2) is 37.5 Å². The van der Waals surface area contributed by atoms with Crippen molar-refractivity contribution in [2.75, 3.05) is 13.6 Å². The number of aliphatic hydroxyl groups excluding tert-OH is 1. The van der Waals surface area contributed by atoms with Crippen molar-refractivity contribution < 1.29 is 22.3 Å². The molecule has 102 valence electrons. The summed E-state index contributed by atoms with van der Waals surface area (Å²) in [6, 6.07) is 1.35. The Labute approximate surface area is 112 Å². The Morgan fingerprint density at radius 2 is 1.94 bits per heavy atom. The van der Waals surface area contributed by atoms with E-state index in [9.17, 15) is 17.2 Å². The summed E-state index contributed by atoms with van der Waals surface area (Å²) >= 11 is 2.76. The van der Waals surface area contributed by atoms with Crippen LogP contribution >= 0.6 is 15.9 Å². The predicted octanol–water partition coefficient (Wildman–Crippen LogP) is 1.73. The highest BCUT2D eigenvalue weighted by Crippen LogP contribution is 2.25. The average Bonchev–Trinajstić information content (AvgIpc) is 2.22. The molecule has 0 aromatic heterocycles. The number of halogens is 3. The van der Waals surface area contributed by atoms with E-state index in [1.54, 1.807) is 0 Å². The van der Waals surface area contributed by atoms with Gasteiger partial charge in [-0.05, 0) is 35.0 Å². The maximum atomic E-state index is 13.6. The van der Waals surface area contributed by atoms with E-state index >= 15 is 0 Å². The Bertz CT molecular complexity index is 548. The smallest absolute Gasteiger partial charge is 0.245 e. The summed E-state index contributed by atoms with van der Waals surface area (Å²) in [5.41, 5.74) is 0. The van der Waals surface area contributed by atoms with Crippen molar-refractivity contribution in [3.63, 3.8) is 0 Å². The Balaban J connectivity index is 3.24. The molecule has 0 radical (unpaired) electrons. The Morgan fingerprint density at radius 1 is 1.39 bits per heavy atom. The second-order valence-electron chi connectivity index (χ2n) is 3.83. The lowest BCUT2D eigenvalue weighted by molar-refractivity contribution is 0.171. The monoisotopic (exact) mass is 343 g/mol. The summed E-state index contributed by atoms with van der Waals surface area (Å²) in [7, 11) is -2.98. The molecule has 1 atom stereocenters. The molecule has 0 aliphatic rings. The Morgan fingerprint density at radius 3 is 2.44 bits per heavy atom. The minimum absolute atomic E-state index is 0.155. The van der Waals surface area contributed by atoms with Crippen molar-refractivity contribution in [3.8, 4) is 0 Å². The maximum absolute atomic E-state index is 13.6. The van der Waals surface area contributed by atoms with Crippen LogP contribution in [0.1, 0.15) is 6.92 Å². The number of aliphatic hydroxyl groups is 1. The molecule has 0 saturated carbocycles. The lowest BCUT2D eigenvalue weighted by Gasteiger charge is -2.19. The van der Waals surface area contributed by atoms with Gasteiger partial charge in [-0.25, -0.2) is 17.2 Å². The van der Waals surface area contributed by atoms with Gasteiger partial charge in [0, 0.05) is 13.6 Å². The summed E-state index contributed by atoms with van der Waals surface area (Å²) in [6.45, 7) is 1.18. The van der Waals surface area contributed by atoms with Gasteiger partial charge >= 0.3 is 0 Å². The average molecular weight is 344 g/mol. The van der Waals surface area contributed by atoms with Crippen LogP contribution in [0.15, 0.2) is 21.5 Å². The largest absolute Gasteiger partial charge is 0.392 e. The molecule has 0 saturated heterocycles. The highest BCUT2D eigenvalue weighted by Gasteiger charge is 2.26. The number of rotatable bonds is 4. The first-order chi connectivity index (χ1) is 8.16. The lowest BCUT2D eigenvalue weighted by Crippen LogP contribution is -2.33. The summed E-state index contributed by atoms with van der Waals surface area (Å²) in [6.07, 6.45) is -0.909. The van der Waals surface area contributed by atoms with E-state index in [-0.39, 0.29) is 11.0 Å². The molecule has 0 heterocycles. The van der Waals surface area contributed by atoms with Crippen molar-refractivity contribution in [2.24, 2.45) is 0 Å². The molecule has 0 fully saturated rings. The van der Waals surface area contributed by atoms with E-state index in [4.69, 9.17) is 5.11 Å². The first kappa shape index (κ1) is 15.5. The van der Waals surface area contributed by atoms with Crippen LogP contribution in [-0.2, 0) is 10.0 Å². The SMILES string of the molecule is C[C@H](O)CN(C)S(=O)(=O)c1cc(F)c(Br)cc1F. The molecule has 1 N–H and O–H groups in total. The van der Waals surface area contributed by atoms with Crippen molar-refractivity contribution in [1.29, 1.82) is 0 Å². The van der Waals surface area contributed by atoms with Gasteiger partial charge < -0.3 is 5.11 Å². The van der Waals surface area contributed by atoms with Crippen LogP contribution < -0.4 is 0 Å². The molecular weight excluding hydrogens is 332 g/mol. The van der Waals surface area contributed by atoms with E-state index in [0.29, 0.717) is 6.07 Å². The minimum Gasteiger partial charge on any atom is -0.392 e. The first-order valence-corrected chi connectivity index (χ1v) is 7.18. The summed E-state index contributed by atoms with van der Waals surface area (Å²) in [4.78, 5) is -0.758. The van der Waals surface area contributed by atoms with Crippen LogP contribution in [0.2, 0.25) is 0 Å². The van der Waals surface area contributed by atoms with Gasteiger partial charge in [-0.2, -0.15) is 4.31 Å². The van der Waals surface area contributed by atoms with Crippen LogP contribution in [0.3, 0.4) is 0 Å². The molecule has 1 rings (SSSR count). The van der Waals surface area contributed by atoms with E-state index < -0.39 is 32.7 Å². The van der Waals surface area contributed by atoms with Crippen molar-refractivity contribution in [1.82, 2.24) is 4.31 Å². The topological polar surface area (TPSA) is 57.6 Å². The molecule has 1 aromatic carbocycles.